The number of thioether (sulfide) groups is 1. The van der Waals surface area contributed by atoms with E-state index in [0.717, 1.165) is 18.0 Å². The molecule has 1 aromatic rings. The summed E-state index contributed by atoms with van der Waals surface area (Å²) in [6, 6.07) is 0.471. The van der Waals surface area contributed by atoms with Gasteiger partial charge in [-0.3, -0.25) is 0 Å². The minimum absolute atomic E-state index is 0.299. The predicted molar refractivity (Wildman–Crippen MR) is 62.6 cm³/mol. The third-order valence-electron chi connectivity index (χ3n) is 2.46. The second kappa shape index (κ2) is 5.31. The maximum Gasteiger partial charge on any atom is 0.333 e. The van der Waals surface area contributed by atoms with Crippen molar-refractivity contribution in [3.63, 3.8) is 0 Å². The molecule has 0 aliphatic heterocycles. The lowest BCUT2D eigenvalue weighted by molar-refractivity contribution is -0.136. The number of carbonyl (C=O) groups excluding carboxylic acids is 1. The highest BCUT2D eigenvalue weighted by atomic mass is 32.2. The topological polar surface area (TPSA) is 69.9 Å². The number of carbonyl (C=O) groups is 1. The van der Waals surface area contributed by atoms with Gasteiger partial charge in [0.15, 0.2) is 0 Å². The fourth-order valence-corrected chi connectivity index (χ4v) is 2.21. The molecule has 1 aliphatic carbocycles. The van der Waals surface area contributed by atoms with E-state index >= 15 is 0 Å². The number of methoxy groups -OCH3 is 1. The summed E-state index contributed by atoms with van der Waals surface area (Å²) in [4.78, 5) is 11.1. The van der Waals surface area contributed by atoms with Gasteiger partial charge in [-0.25, -0.2) is 9.48 Å². The van der Waals surface area contributed by atoms with Crippen molar-refractivity contribution in [2.75, 3.05) is 12.9 Å². The van der Waals surface area contributed by atoms with E-state index in [-0.39, 0.29) is 5.97 Å². The molecule has 0 radical (unpaired) electrons. The first-order chi connectivity index (χ1) is 8.22. The first-order valence-corrected chi connectivity index (χ1v) is 6.36. The van der Waals surface area contributed by atoms with Crippen LogP contribution in [0.4, 0.5) is 0 Å². The molecule has 17 heavy (non-hydrogen) atoms. The summed E-state index contributed by atoms with van der Waals surface area (Å²) in [5.41, 5.74) is 0.602. The van der Waals surface area contributed by atoms with Crippen molar-refractivity contribution in [3.05, 3.63) is 11.6 Å². The van der Waals surface area contributed by atoms with Crippen LogP contribution in [0, 0.1) is 0 Å². The zero-order chi connectivity index (χ0) is 12.3. The Labute approximate surface area is 103 Å². The van der Waals surface area contributed by atoms with Gasteiger partial charge in [0.25, 0.3) is 0 Å². The summed E-state index contributed by atoms with van der Waals surface area (Å²) in [7, 11) is 1.38. The largest absolute Gasteiger partial charge is 0.466 e. The summed E-state index contributed by atoms with van der Waals surface area (Å²) in [6.07, 6.45) is 4.12. The van der Waals surface area contributed by atoms with E-state index < -0.39 is 0 Å². The van der Waals surface area contributed by atoms with Crippen LogP contribution >= 0.6 is 11.8 Å². The Morgan fingerprint density at radius 1 is 1.65 bits per heavy atom. The van der Waals surface area contributed by atoms with E-state index in [1.54, 1.807) is 6.92 Å². The maximum atomic E-state index is 11.1. The van der Waals surface area contributed by atoms with Gasteiger partial charge in [0, 0.05) is 11.3 Å². The van der Waals surface area contributed by atoms with Gasteiger partial charge in [-0.1, -0.05) is 17.8 Å². The molecular formula is C10H14N4O2S. The molecule has 1 heterocycles. The van der Waals surface area contributed by atoms with Crippen LogP contribution in [-0.2, 0) is 9.53 Å². The Hall–Kier alpha value is -1.37. The molecule has 92 valence electrons. The molecule has 2 rings (SSSR count). The summed E-state index contributed by atoms with van der Waals surface area (Å²) < 4.78 is 6.46. The lowest BCUT2D eigenvalue weighted by Gasteiger charge is -2.00. The molecule has 0 bridgehead atoms. The average Bonchev–Trinajstić information content (AvgIpc) is 3.08. The number of tetrazole rings is 1. The lowest BCUT2D eigenvalue weighted by Crippen LogP contribution is -2.02. The molecule has 1 aromatic heterocycles. The van der Waals surface area contributed by atoms with Crippen molar-refractivity contribution >= 4 is 17.7 Å². The van der Waals surface area contributed by atoms with Crippen molar-refractivity contribution in [2.45, 2.75) is 31.0 Å². The first-order valence-electron chi connectivity index (χ1n) is 5.38. The minimum Gasteiger partial charge on any atom is -0.466 e. The maximum absolute atomic E-state index is 11.1. The number of hydrogen-bond acceptors (Lipinski definition) is 6. The monoisotopic (exact) mass is 254 g/mol. The molecule has 0 saturated heterocycles. The van der Waals surface area contributed by atoms with Crippen molar-refractivity contribution in [1.29, 1.82) is 0 Å². The van der Waals surface area contributed by atoms with Crippen LogP contribution in [0.25, 0.3) is 0 Å². The highest BCUT2D eigenvalue weighted by Gasteiger charge is 2.27. The number of esters is 1. The predicted octanol–water partition coefficient (Wildman–Crippen LogP) is 1.22. The average molecular weight is 254 g/mol. The van der Waals surface area contributed by atoms with Crippen LogP contribution in [0.15, 0.2) is 16.8 Å². The van der Waals surface area contributed by atoms with Gasteiger partial charge in [0.2, 0.25) is 5.16 Å². The summed E-state index contributed by atoms with van der Waals surface area (Å²) in [5.74, 6) is 0.362. The van der Waals surface area contributed by atoms with Gasteiger partial charge in [-0.2, -0.15) is 0 Å². The summed E-state index contributed by atoms with van der Waals surface area (Å²) >= 11 is 1.52. The second-order valence-corrected chi connectivity index (χ2v) is 4.81. The molecule has 0 N–H and O–H groups in total. The van der Waals surface area contributed by atoms with Gasteiger partial charge >= 0.3 is 5.97 Å². The highest BCUT2D eigenvalue weighted by molar-refractivity contribution is 7.99. The van der Waals surface area contributed by atoms with Crippen molar-refractivity contribution < 1.29 is 9.53 Å². The molecule has 1 saturated carbocycles. The first kappa shape index (κ1) is 12.1. The SMILES string of the molecule is COC(=O)C(C)=CCSc1nnnn1C1CC1. The molecule has 1 aliphatic rings. The molecule has 0 aromatic carbocycles. The zero-order valence-corrected chi connectivity index (χ0v) is 10.6. The Kier molecular flexibility index (Phi) is 3.78. The van der Waals surface area contributed by atoms with E-state index in [4.69, 9.17) is 0 Å². The van der Waals surface area contributed by atoms with Crippen LogP contribution in [0.5, 0.6) is 0 Å². The molecule has 0 amide bonds. The van der Waals surface area contributed by atoms with Crippen LogP contribution in [0.3, 0.4) is 0 Å². The van der Waals surface area contributed by atoms with E-state index in [2.05, 4.69) is 20.3 Å². The standard InChI is InChI=1S/C10H14N4O2S/c1-7(9(15)16-2)5-6-17-10-11-12-13-14(10)8-3-4-8/h5,8H,3-4,6H2,1-2H3. The number of aromatic nitrogens is 4. The quantitative estimate of drug-likeness (QED) is 0.447. The third kappa shape index (κ3) is 3.06. The van der Waals surface area contributed by atoms with E-state index in [1.807, 2.05) is 10.8 Å². The molecule has 7 heteroatoms. The van der Waals surface area contributed by atoms with Crippen molar-refractivity contribution in [3.8, 4) is 0 Å². The smallest absolute Gasteiger partial charge is 0.333 e. The fourth-order valence-electron chi connectivity index (χ4n) is 1.31. The van der Waals surface area contributed by atoms with Gasteiger partial charge in [-0.15, -0.1) is 5.10 Å². The molecule has 1 fully saturated rings. The zero-order valence-electron chi connectivity index (χ0n) is 9.79. The van der Waals surface area contributed by atoms with Gasteiger partial charge in [0.1, 0.15) is 0 Å². The Balaban J connectivity index is 1.89. The van der Waals surface area contributed by atoms with Crippen LogP contribution < -0.4 is 0 Å². The summed E-state index contributed by atoms with van der Waals surface area (Å²) in [5, 5.41) is 12.4. The highest BCUT2D eigenvalue weighted by Crippen LogP contribution is 2.36. The van der Waals surface area contributed by atoms with E-state index in [0.29, 0.717) is 17.4 Å². The Bertz CT molecular complexity index is 439. The van der Waals surface area contributed by atoms with Gasteiger partial charge in [0.05, 0.1) is 13.2 Å². The van der Waals surface area contributed by atoms with E-state index in [9.17, 15) is 4.79 Å². The molecule has 0 unspecified atom stereocenters. The number of ether oxygens (including phenoxy) is 1. The van der Waals surface area contributed by atoms with Gasteiger partial charge in [-0.05, 0) is 30.2 Å². The van der Waals surface area contributed by atoms with Crippen LogP contribution in [0.2, 0.25) is 0 Å². The lowest BCUT2D eigenvalue weighted by atomic mass is 10.3. The van der Waals surface area contributed by atoms with Crippen LogP contribution in [0.1, 0.15) is 25.8 Å². The number of nitrogens with zero attached hydrogens (tertiary/aromatic N) is 4. The third-order valence-corrected chi connectivity index (χ3v) is 3.32. The van der Waals surface area contributed by atoms with Crippen molar-refractivity contribution in [2.24, 2.45) is 0 Å². The second-order valence-electron chi connectivity index (χ2n) is 3.83. The van der Waals surface area contributed by atoms with Crippen molar-refractivity contribution in [1.82, 2.24) is 20.2 Å². The van der Waals surface area contributed by atoms with Gasteiger partial charge < -0.3 is 4.74 Å². The molecule has 0 atom stereocenters. The number of hydrogen-bond donors (Lipinski definition) is 0. The Morgan fingerprint density at radius 3 is 3.06 bits per heavy atom. The molecule has 6 nitrogen and oxygen atoms in total. The molecule has 0 spiro atoms. The molecular weight excluding hydrogens is 240 g/mol. The minimum atomic E-state index is -0.299. The fraction of sp³-hybridized carbons (Fsp3) is 0.600. The summed E-state index contributed by atoms with van der Waals surface area (Å²) in [6.45, 7) is 1.73. The van der Waals surface area contributed by atoms with Crippen LogP contribution in [-0.4, -0.2) is 39.0 Å². The number of rotatable bonds is 5. The Morgan fingerprint density at radius 2 is 2.41 bits per heavy atom. The normalized spacial score (nSPS) is 16.0. The van der Waals surface area contributed by atoms with E-state index in [1.165, 1.54) is 18.9 Å².